The minimum absolute atomic E-state index is 0.0419. The molecule has 9 nitrogen and oxygen atoms in total. The summed E-state index contributed by atoms with van der Waals surface area (Å²) in [6.07, 6.45) is 31.7. The standard InChI is InChI=1S/C34H60NO8P/c1-3-5-7-9-11-13-15-16-17-19-21-23-25-27-34(37)43-32(31-42-44(38,39)41-29-28-35)30-40-33(36)26-24-22-20-18-14-12-10-8-6-4-2/h5,7,11,13,16-17,21,23,32H,3-4,6,8-10,12,14-15,18-20,22,24-31,35H2,1-2H3,(H,38,39)/b7-5-,13-11-,17-16-,23-21-. The minimum atomic E-state index is -4.38. The van der Waals surface area contributed by atoms with Gasteiger partial charge in [-0.25, -0.2) is 4.57 Å². The molecule has 0 fully saturated rings. The third-order valence-electron chi connectivity index (χ3n) is 6.49. The molecule has 0 spiro atoms. The van der Waals surface area contributed by atoms with Crippen LogP contribution in [0.15, 0.2) is 48.6 Å². The van der Waals surface area contributed by atoms with Crippen molar-refractivity contribution in [3.63, 3.8) is 0 Å². The van der Waals surface area contributed by atoms with Gasteiger partial charge in [0.05, 0.1) is 13.2 Å². The number of hydrogen-bond acceptors (Lipinski definition) is 8. The summed E-state index contributed by atoms with van der Waals surface area (Å²) in [5.41, 5.74) is 5.30. The van der Waals surface area contributed by atoms with Crippen molar-refractivity contribution in [3.05, 3.63) is 48.6 Å². The Balaban J connectivity index is 4.44. The Morgan fingerprint density at radius 2 is 1.25 bits per heavy atom. The van der Waals surface area contributed by atoms with Gasteiger partial charge in [0.15, 0.2) is 6.10 Å². The van der Waals surface area contributed by atoms with E-state index in [1.807, 2.05) is 12.2 Å². The van der Waals surface area contributed by atoms with Crippen LogP contribution in [-0.4, -0.2) is 49.3 Å². The molecule has 0 aromatic carbocycles. The van der Waals surface area contributed by atoms with E-state index < -0.39 is 32.5 Å². The first-order valence-electron chi connectivity index (χ1n) is 16.6. The van der Waals surface area contributed by atoms with Crippen LogP contribution in [0.3, 0.4) is 0 Å². The van der Waals surface area contributed by atoms with Crippen LogP contribution in [0.2, 0.25) is 0 Å². The number of rotatable bonds is 30. The number of phosphoric acid groups is 1. The molecule has 254 valence electrons. The van der Waals surface area contributed by atoms with Crippen molar-refractivity contribution in [2.24, 2.45) is 5.73 Å². The van der Waals surface area contributed by atoms with Gasteiger partial charge in [0, 0.05) is 19.4 Å². The average molecular weight is 642 g/mol. The van der Waals surface area contributed by atoms with Crippen LogP contribution in [0.1, 0.15) is 123 Å². The summed E-state index contributed by atoms with van der Waals surface area (Å²) >= 11 is 0. The second kappa shape index (κ2) is 31.0. The quantitative estimate of drug-likeness (QED) is 0.0343. The largest absolute Gasteiger partial charge is 0.472 e. The van der Waals surface area contributed by atoms with E-state index in [4.69, 9.17) is 24.3 Å². The Labute approximate surface area is 266 Å². The van der Waals surface area contributed by atoms with Crippen molar-refractivity contribution in [1.82, 2.24) is 0 Å². The number of esters is 2. The van der Waals surface area contributed by atoms with Gasteiger partial charge < -0.3 is 20.1 Å². The third-order valence-corrected chi connectivity index (χ3v) is 7.48. The van der Waals surface area contributed by atoms with E-state index in [1.165, 1.54) is 44.9 Å². The fourth-order valence-electron chi connectivity index (χ4n) is 4.06. The predicted molar refractivity (Wildman–Crippen MR) is 178 cm³/mol. The van der Waals surface area contributed by atoms with E-state index in [0.717, 1.165) is 44.9 Å². The highest BCUT2D eigenvalue weighted by Gasteiger charge is 2.25. The Bertz CT molecular complexity index is 871. The summed E-state index contributed by atoms with van der Waals surface area (Å²) in [5.74, 6) is -0.931. The number of hydrogen-bond donors (Lipinski definition) is 2. The zero-order valence-electron chi connectivity index (χ0n) is 27.4. The first-order valence-corrected chi connectivity index (χ1v) is 18.1. The van der Waals surface area contributed by atoms with Crippen LogP contribution >= 0.6 is 7.82 Å². The molecule has 0 aliphatic heterocycles. The summed E-state index contributed by atoms with van der Waals surface area (Å²) < 4.78 is 32.4. The zero-order chi connectivity index (χ0) is 32.6. The number of allylic oxidation sites excluding steroid dienone is 8. The van der Waals surface area contributed by atoms with Crippen molar-refractivity contribution in [3.8, 4) is 0 Å². The maximum atomic E-state index is 12.4. The van der Waals surface area contributed by atoms with Gasteiger partial charge in [0.2, 0.25) is 0 Å². The number of nitrogens with two attached hydrogens (primary N) is 1. The number of carbonyl (C=O) groups is 2. The van der Waals surface area contributed by atoms with Gasteiger partial charge >= 0.3 is 19.8 Å². The highest BCUT2D eigenvalue weighted by molar-refractivity contribution is 7.47. The summed E-state index contributed by atoms with van der Waals surface area (Å²) in [7, 11) is -4.38. The summed E-state index contributed by atoms with van der Waals surface area (Å²) in [6.45, 7) is 3.47. The Kier molecular flexibility index (Phi) is 29.5. The Hall–Kier alpha value is -2.03. The first-order chi connectivity index (χ1) is 21.3. The SMILES string of the molecule is CC/C=C\C/C=C\C/C=C\C/C=C\CCC(=O)OC(COC(=O)CCCCCCCCCCCC)COP(=O)(O)OCCN. The number of carbonyl (C=O) groups excluding carboxylic acids is 2. The highest BCUT2D eigenvalue weighted by atomic mass is 31.2. The molecule has 0 saturated carbocycles. The van der Waals surface area contributed by atoms with E-state index >= 15 is 0 Å². The fourth-order valence-corrected chi connectivity index (χ4v) is 4.82. The number of phosphoric ester groups is 1. The molecule has 0 heterocycles. The molecular weight excluding hydrogens is 581 g/mol. The van der Waals surface area contributed by atoms with E-state index in [9.17, 15) is 19.0 Å². The van der Waals surface area contributed by atoms with Crippen LogP contribution in [0.4, 0.5) is 0 Å². The molecule has 0 saturated heterocycles. The molecule has 10 heteroatoms. The summed E-state index contributed by atoms with van der Waals surface area (Å²) in [6, 6.07) is 0. The van der Waals surface area contributed by atoms with Gasteiger partial charge in [-0.1, -0.05) is 120 Å². The van der Waals surface area contributed by atoms with Gasteiger partial charge in [-0.15, -0.1) is 0 Å². The smallest absolute Gasteiger partial charge is 0.462 e. The maximum Gasteiger partial charge on any atom is 0.472 e. The molecule has 0 bridgehead atoms. The molecular formula is C34H60NO8P. The van der Waals surface area contributed by atoms with Crippen LogP contribution in [0.5, 0.6) is 0 Å². The molecule has 0 aliphatic rings. The molecule has 2 unspecified atom stereocenters. The number of ether oxygens (including phenoxy) is 2. The average Bonchev–Trinajstić information content (AvgIpc) is 3.00. The van der Waals surface area contributed by atoms with E-state index in [0.29, 0.717) is 6.42 Å². The van der Waals surface area contributed by atoms with E-state index in [2.05, 4.69) is 50.3 Å². The minimum Gasteiger partial charge on any atom is -0.462 e. The molecule has 2 atom stereocenters. The lowest BCUT2D eigenvalue weighted by Gasteiger charge is -2.19. The van der Waals surface area contributed by atoms with E-state index in [-0.39, 0.29) is 32.6 Å². The molecule has 0 radical (unpaired) electrons. The molecule has 3 N–H and O–H groups in total. The topological polar surface area (TPSA) is 134 Å². The lowest BCUT2D eigenvalue weighted by atomic mass is 10.1. The molecule has 0 aromatic heterocycles. The maximum absolute atomic E-state index is 12.4. The molecule has 0 aliphatic carbocycles. The van der Waals surface area contributed by atoms with Crippen LogP contribution in [0.25, 0.3) is 0 Å². The predicted octanol–water partition coefficient (Wildman–Crippen LogP) is 8.43. The second-order valence-electron chi connectivity index (χ2n) is 10.7. The monoisotopic (exact) mass is 641 g/mol. The fraction of sp³-hybridized carbons (Fsp3) is 0.706. The van der Waals surface area contributed by atoms with Crippen molar-refractivity contribution in [2.75, 3.05) is 26.4 Å². The van der Waals surface area contributed by atoms with Gasteiger partial charge in [0.1, 0.15) is 6.61 Å². The molecule has 44 heavy (non-hydrogen) atoms. The molecule has 0 aromatic rings. The normalized spacial score (nSPS) is 14.2. The van der Waals surface area contributed by atoms with Crippen molar-refractivity contribution >= 4 is 19.8 Å². The van der Waals surface area contributed by atoms with Crippen LogP contribution < -0.4 is 5.73 Å². The summed E-state index contributed by atoms with van der Waals surface area (Å²) in [5, 5.41) is 0. The van der Waals surface area contributed by atoms with Crippen LogP contribution in [0, 0.1) is 0 Å². The van der Waals surface area contributed by atoms with Crippen LogP contribution in [-0.2, 0) is 32.7 Å². The van der Waals surface area contributed by atoms with Crippen molar-refractivity contribution in [1.29, 1.82) is 0 Å². The lowest BCUT2D eigenvalue weighted by Crippen LogP contribution is -2.29. The Morgan fingerprint density at radius 3 is 1.82 bits per heavy atom. The van der Waals surface area contributed by atoms with Crippen molar-refractivity contribution in [2.45, 2.75) is 129 Å². The first kappa shape index (κ1) is 42.0. The van der Waals surface area contributed by atoms with E-state index in [1.54, 1.807) is 0 Å². The summed E-state index contributed by atoms with van der Waals surface area (Å²) in [4.78, 5) is 34.4. The molecule has 0 amide bonds. The zero-order valence-corrected chi connectivity index (χ0v) is 28.3. The lowest BCUT2D eigenvalue weighted by molar-refractivity contribution is -0.161. The van der Waals surface area contributed by atoms with Gasteiger partial charge in [-0.05, 0) is 38.5 Å². The van der Waals surface area contributed by atoms with Crippen molar-refractivity contribution < 1.29 is 37.6 Å². The van der Waals surface area contributed by atoms with Gasteiger partial charge in [-0.2, -0.15) is 0 Å². The third kappa shape index (κ3) is 30.0. The van der Waals surface area contributed by atoms with Gasteiger partial charge in [0.25, 0.3) is 0 Å². The Morgan fingerprint density at radius 1 is 0.705 bits per heavy atom. The number of unbranched alkanes of at least 4 members (excludes halogenated alkanes) is 9. The highest BCUT2D eigenvalue weighted by Crippen LogP contribution is 2.43. The van der Waals surface area contributed by atoms with Gasteiger partial charge in [-0.3, -0.25) is 18.6 Å². The second-order valence-corrected chi connectivity index (χ2v) is 12.1. The molecule has 0 rings (SSSR count).